The number of halogens is 3. The lowest BCUT2D eigenvalue weighted by molar-refractivity contribution is -0.274. The van der Waals surface area contributed by atoms with E-state index in [0.29, 0.717) is 16.5 Å². The van der Waals surface area contributed by atoms with Crippen LogP contribution in [0.1, 0.15) is 36.6 Å². The van der Waals surface area contributed by atoms with Crippen LogP contribution in [0.2, 0.25) is 0 Å². The summed E-state index contributed by atoms with van der Waals surface area (Å²) < 4.78 is 46.3. The van der Waals surface area contributed by atoms with E-state index in [9.17, 15) is 18.0 Å². The van der Waals surface area contributed by atoms with E-state index in [1.54, 1.807) is 6.21 Å². The number of hydrogen-bond donors (Lipinski definition) is 1. The van der Waals surface area contributed by atoms with E-state index in [-0.39, 0.29) is 29.2 Å². The maximum absolute atomic E-state index is 12.6. The number of para-hydroxylation sites is 1. The summed E-state index contributed by atoms with van der Waals surface area (Å²) in [7, 11) is 0. The second-order valence-corrected chi connectivity index (χ2v) is 10.9. The Balaban J connectivity index is 1.34. The summed E-state index contributed by atoms with van der Waals surface area (Å²) in [6.07, 6.45) is -3.18. The third-order valence-electron chi connectivity index (χ3n) is 5.90. The number of thioether (sulfide) groups is 1. The van der Waals surface area contributed by atoms with Gasteiger partial charge in [0.2, 0.25) is 0 Å². The van der Waals surface area contributed by atoms with Crippen molar-refractivity contribution in [3.05, 3.63) is 83.6 Å². The Morgan fingerprint density at radius 2 is 1.88 bits per heavy atom. The van der Waals surface area contributed by atoms with E-state index in [0.717, 1.165) is 39.0 Å². The van der Waals surface area contributed by atoms with Crippen LogP contribution in [0, 0.1) is 0 Å². The normalized spacial score (nSPS) is 15.7. The zero-order valence-electron chi connectivity index (χ0n) is 21.8. The first-order chi connectivity index (χ1) is 19.6. The van der Waals surface area contributed by atoms with E-state index in [1.807, 2.05) is 42.5 Å². The van der Waals surface area contributed by atoms with Gasteiger partial charge in [0.1, 0.15) is 11.4 Å². The minimum Gasteiger partial charge on any atom is -0.406 e. The maximum atomic E-state index is 12.6. The molecule has 0 bridgehead atoms. The molecule has 8 nitrogen and oxygen atoms in total. The number of ether oxygens (including phenoxy) is 1. The van der Waals surface area contributed by atoms with Crippen molar-refractivity contribution in [2.75, 3.05) is 5.75 Å². The molecule has 0 atom stereocenters. The van der Waals surface area contributed by atoms with Gasteiger partial charge < -0.3 is 10.5 Å². The number of rotatable bonds is 7. The van der Waals surface area contributed by atoms with Gasteiger partial charge in [0.15, 0.2) is 11.0 Å². The van der Waals surface area contributed by atoms with Gasteiger partial charge in [-0.05, 0) is 65.0 Å². The second-order valence-electron chi connectivity index (χ2n) is 9.17. The third-order valence-corrected chi connectivity index (χ3v) is 7.62. The van der Waals surface area contributed by atoms with Crippen LogP contribution >= 0.6 is 23.3 Å². The molecule has 1 amide bonds. The lowest BCUT2D eigenvalue weighted by Crippen LogP contribution is -2.23. The summed E-state index contributed by atoms with van der Waals surface area (Å²) in [5.74, 6) is 0.146. The van der Waals surface area contributed by atoms with Crippen molar-refractivity contribution < 1.29 is 22.7 Å². The summed E-state index contributed by atoms with van der Waals surface area (Å²) in [5, 5.41) is 7.01. The van der Waals surface area contributed by atoms with Gasteiger partial charge in [0.05, 0.1) is 28.0 Å². The largest absolute Gasteiger partial charge is 0.573 e. The zero-order valence-corrected chi connectivity index (χ0v) is 23.4. The fraction of sp³-hybridized carbons (Fsp3) is 0.179. The number of nitrogens with zero attached hydrogens (tertiary/aromatic N) is 5. The predicted octanol–water partition coefficient (Wildman–Crippen LogP) is 6.95. The molecule has 2 heterocycles. The van der Waals surface area contributed by atoms with E-state index < -0.39 is 6.36 Å². The van der Waals surface area contributed by atoms with Gasteiger partial charge in [-0.2, -0.15) is 14.5 Å². The van der Waals surface area contributed by atoms with E-state index in [4.69, 9.17) is 10.7 Å². The molecule has 13 heteroatoms. The number of carbonyl (C=O) groups is 1. The van der Waals surface area contributed by atoms with Crippen LogP contribution in [0.5, 0.6) is 5.75 Å². The number of carbonyl (C=O) groups excluding carboxylic acids is 1. The number of hydrazone groups is 1. The highest BCUT2D eigenvalue weighted by molar-refractivity contribution is 8.15. The molecule has 1 aliphatic heterocycles. The average Bonchev–Trinajstić information content (AvgIpc) is 3.50. The van der Waals surface area contributed by atoms with Crippen molar-refractivity contribution in [1.29, 1.82) is 0 Å². The quantitative estimate of drug-likeness (QED) is 0.184. The summed E-state index contributed by atoms with van der Waals surface area (Å²) in [4.78, 5) is 21.6. The van der Waals surface area contributed by atoms with Crippen molar-refractivity contribution in [2.24, 2.45) is 20.8 Å². The van der Waals surface area contributed by atoms with E-state index in [1.165, 1.54) is 40.4 Å². The number of alkyl halides is 3. The SMILES string of the molecule is CC(C)c1ccccc1N=C1SCC(=O)N1/N=C\c1ccc2c(C(N)=Nc3ccc(OC(F)(F)F)cc3)nsc2c1. The molecular formula is C28H23F3N6O2S2. The van der Waals surface area contributed by atoms with Crippen molar-refractivity contribution in [3.8, 4) is 5.75 Å². The molecule has 210 valence electrons. The zero-order chi connectivity index (χ0) is 29.1. The van der Waals surface area contributed by atoms with Gasteiger partial charge in [0.25, 0.3) is 5.91 Å². The molecular weight excluding hydrogens is 573 g/mol. The highest BCUT2D eigenvalue weighted by atomic mass is 32.2. The molecule has 1 aromatic heterocycles. The second kappa shape index (κ2) is 11.7. The van der Waals surface area contributed by atoms with Crippen LogP contribution in [0.15, 0.2) is 81.8 Å². The van der Waals surface area contributed by atoms with Crippen LogP contribution in [0.4, 0.5) is 24.5 Å². The number of fused-ring (bicyclic) bond motifs is 1. The Labute approximate surface area is 241 Å². The van der Waals surface area contributed by atoms with E-state index >= 15 is 0 Å². The van der Waals surface area contributed by atoms with Crippen LogP contribution in [0.25, 0.3) is 10.1 Å². The Morgan fingerprint density at radius 1 is 1.12 bits per heavy atom. The van der Waals surface area contributed by atoms with Gasteiger partial charge in [-0.3, -0.25) is 4.79 Å². The molecule has 0 spiro atoms. The number of amides is 1. The Hall–Kier alpha value is -4.23. The molecule has 1 saturated heterocycles. The smallest absolute Gasteiger partial charge is 0.406 e. The Morgan fingerprint density at radius 3 is 2.61 bits per heavy atom. The summed E-state index contributed by atoms with van der Waals surface area (Å²) in [5.41, 5.74) is 9.62. The highest BCUT2D eigenvalue weighted by Crippen LogP contribution is 2.31. The van der Waals surface area contributed by atoms with Gasteiger partial charge in [-0.25, -0.2) is 9.98 Å². The number of amidine groups is 2. The molecule has 5 rings (SSSR count). The summed E-state index contributed by atoms with van der Waals surface area (Å²) in [6.45, 7) is 4.19. The van der Waals surface area contributed by atoms with Gasteiger partial charge >= 0.3 is 6.36 Å². The molecule has 0 saturated carbocycles. The van der Waals surface area contributed by atoms with Crippen molar-refractivity contribution in [1.82, 2.24) is 9.38 Å². The first-order valence-corrected chi connectivity index (χ1v) is 14.1. The monoisotopic (exact) mass is 596 g/mol. The molecule has 1 fully saturated rings. The lowest BCUT2D eigenvalue weighted by atomic mass is 10.0. The number of hydrogen-bond acceptors (Lipinski definition) is 8. The van der Waals surface area contributed by atoms with Crippen molar-refractivity contribution >= 4 is 67.9 Å². The minimum absolute atomic E-state index is 0.115. The lowest BCUT2D eigenvalue weighted by Gasteiger charge is -2.12. The minimum atomic E-state index is -4.77. The molecule has 0 aliphatic carbocycles. The highest BCUT2D eigenvalue weighted by Gasteiger charge is 2.31. The van der Waals surface area contributed by atoms with Crippen LogP contribution in [0.3, 0.4) is 0 Å². The van der Waals surface area contributed by atoms with Gasteiger partial charge in [-0.1, -0.05) is 55.9 Å². The van der Waals surface area contributed by atoms with E-state index in [2.05, 4.69) is 33.1 Å². The van der Waals surface area contributed by atoms with Crippen LogP contribution in [-0.2, 0) is 4.79 Å². The summed E-state index contributed by atoms with van der Waals surface area (Å²) >= 11 is 2.56. The third kappa shape index (κ3) is 6.74. The Kier molecular flexibility index (Phi) is 8.08. The molecule has 2 N–H and O–H groups in total. The molecule has 1 aliphatic rings. The maximum Gasteiger partial charge on any atom is 0.573 e. The molecule has 4 aromatic rings. The van der Waals surface area contributed by atoms with Gasteiger partial charge in [-0.15, -0.1) is 13.2 Å². The van der Waals surface area contributed by atoms with Crippen LogP contribution < -0.4 is 10.5 Å². The molecule has 3 aromatic carbocycles. The Bertz CT molecular complexity index is 1680. The topological polar surface area (TPSA) is 106 Å². The molecule has 0 unspecified atom stereocenters. The number of aliphatic imine (C=N–C) groups is 2. The first kappa shape index (κ1) is 28.3. The predicted molar refractivity (Wildman–Crippen MR) is 158 cm³/mol. The number of benzene rings is 3. The first-order valence-electron chi connectivity index (χ1n) is 12.3. The standard InChI is InChI=1S/C28H23F3N6O2S2/c1-16(2)20-5-3-4-6-22(20)35-27-37(24(38)15-40-27)33-14-17-7-12-21-23(13-17)41-36-25(21)26(32)34-18-8-10-19(11-9-18)39-28(29,30)31/h3-14,16H,15H2,1-2H3,(H2,32,34)/b33-14-,35-27?. The molecule has 0 radical (unpaired) electrons. The van der Waals surface area contributed by atoms with Gasteiger partial charge in [0, 0.05) is 5.39 Å². The van der Waals surface area contributed by atoms with Crippen molar-refractivity contribution in [2.45, 2.75) is 26.1 Å². The molecule has 41 heavy (non-hydrogen) atoms. The van der Waals surface area contributed by atoms with Crippen molar-refractivity contribution in [3.63, 3.8) is 0 Å². The number of nitrogens with two attached hydrogens (primary N) is 1. The van der Waals surface area contributed by atoms with Crippen LogP contribution in [-0.4, -0.2) is 44.6 Å². The fourth-order valence-electron chi connectivity index (χ4n) is 3.99. The fourth-order valence-corrected chi connectivity index (χ4v) is 5.63. The average molecular weight is 597 g/mol. The summed E-state index contributed by atoms with van der Waals surface area (Å²) in [6, 6.07) is 18.4. The number of aromatic nitrogens is 1.